The van der Waals surface area contributed by atoms with Crippen molar-refractivity contribution < 1.29 is 28.3 Å². The predicted octanol–water partition coefficient (Wildman–Crippen LogP) is 0.599. The van der Waals surface area contributed by atoms with Crippen molar-refractivity contribution in [3.63, 3.8) is 0 Å². The Hall–Kier alpha value is -4.13. The van der Waals surface area contributed by atoms with E-state index >= 15 is 4.39 Å². The second-order valence-electron chi connectivity index (χ2n) is 11.4. The number of nitrogens with zero attached hydrogens (tertiary/aromatic N) is 4. The molecule has 4 rings (SSSR count). The number of aromatic nitrogens is 2. The van der Waals surface area contributed by atoms with Gasteiger partial charge in [0.05, 0.1) is 24.9 Å². The Morgan fingerprint density at radius 1 is 1.02 bits per heavy atom. The van der Waals surface area contributed by atoms with Gasteiger partial charge in [0.15, 0.2) is 17.7 Å². The van der Waals surface area contributed by atoms with E-state index in [1.165, 1.54) is 18.3 Å². The lowest BCUT2D eigenvalue weighted by molar-refractivity contribution is -0.143. The summed E-state index contributed by atoms with van der Waals surface area (Å²) in [7, 11) is 1.47. The van der Waals surface area contributed by atoms with Crippen LogP contribution in [0.2, 0.25) is 0 Å². The van der Waals surface area contributed by atoms with Gasteiger partial charge in [-0.3, -0.25) is 19.2 Å². The van der Waals surface area contributed by atoms with Gasteiger partial charge in [-0.25, -0.2) is 14.4 Å². The molecule has 0 unspecified atom stereocenters. The molecule has 2 fully saturated rings. The largest absolute Gasteiger partial charge is 0.360 e. The lowest BCUT2D eigenvalue weighted by Crippen LogP contribution is -2.59. The molecule has 2 aliphatic heterocycles. The van der Waals surface area contributed by atoms with Crippen LogP contribution >= 0.6 is 0 Å². The Bertz CT molecular complexity index is 1310. The normalized spacial score (nSPS) is 24.1. The fourth-order valence-corrected chi connectivity index (χ4v) is 5.29. The maximum atomic E-state index is 15.3. The number of benzene rings is 1. The number of anilines is 1. The standard InChI is InChI=1S/C30H40FN7O5/c1-5-21-26(31)27(34-17-33-21)38-14-20-13-32-28(40)22(11-18(2)3)35-25(39)16-37(4)30(42)23(12-19-9-7-6-8-10-19)36-29(41)24(15-38)43-20/h6-10,17-18,20,22-24H,5,11-16H2,1-4H3,(H,32,40)(H,35,39)(H,36,41)/t20-,22+,23-,24-/m1/s1. The summed E-state index contributed by atoms with van der Waals surface area (Å²) in [4.78, 5) is 64.4. The van der Waals surface area contributed by atoms with E-state index in [2.05, 4.69) is 25.9 Å². The van der Waals surface area contributed by atoms with Crippen molar-refractivity contribution in [2.45, 2.75) is 64.3 Å². The summed E-state index contributed by atoms with van der Waals surface area (Å²) in [6, 6.07) is 7.34. The molecule has 3 N–H and O–H groups in total. The molecule has 2 aliphatic rings. The lowest BCUT2D eigenvalue weighted by Gasteiger charge is -2.38. The molecule has 2 aromatic rings. The number of hydrogen-bond donors (Lipinski definition) is 3. The number of likely N-dealkylation sites (N-methyl/N-ethyl adjacent to an activating group) is 1. The van der Waals surface area contributed by atoms with Crippen molar-refractivity contribution >= 4 is 29.4 Å². The van der Waals surface area contributed by atoms with Crippen molar-refractivity contribution in [2.75, 3.05) is 38.1 Å². The lowest BCUT2D eigenvalue weighted by atomic mass is 10.0. The van der Waals surface area contributed by atoms with Crippen molar-refractivity contribution in [1.82, 2.24) is 30.8 Å². The van der Waals surface area contributed by atoms with Gasteiger partial charge in [-0.15, -0.1) is 0 Å². The van der Waals surface area contributed by atoms with Crippen LogP contribution in [0.25, 0.3) is 0 Å². The van der Waals surface area contributed by atoms with Crippen LogP contribution in [-0.4, -0.2) is 96.0 Å². The number of amides is 4. The molecule has 13 heteroatoms. The summed E-state index contributed by atoms with van der Waals surface area (Å²) < 4.78 is 21.4. The number of morpholine rings is 1. The van der Waals surface area contributed by atoms with Crippen molar-refractivity contribution in [2.24, 2.45) is 5.92 Å². The Labute approximate surface area is 250 Å². The summed E-state index contributed by atoms with van der Waals surface area (Å²) in [6.07, 6.45) is 0.348. The van der Waals surface area contributed by atoms with Crippen LogP contribution in [0.4, 0.5) is 10.2 Å². The Kier molecular flexibility index (Phi) is 10.6. The molecule has 0 radical (unpaired) electrons. The molecule has 2 saturated heterocycles. The van der Waals surface area contributed by atoms with Crippen molar-refractivity contribution in [1.29, 1.82) is 0 Å². The van der Waals surface area contributed by atoms with E-state index in [4.69, 9.17) is 4.74 Å². The zero-order valence-electron chi connectivity index (χ0n) is 25.0. The van der Waals surface area contributed by atoms with Crippen LogP contribution in [0.5, 0.6) is 0 Å². The molecule has 0 spiro atoms. The summed E-state index contributed by atoms with van der Waals surface area (Å²) in [6.45, 7) is 5.45. The first-order valence-corrected chi connectivity index (χ1v) is 14.6. The number of carbonyl (C=O) groups excluding carboxylic acids is 4. The van der Waals surface area contributed by atoms with Crippen LogP contribution in [0.1, 0.15) is 38.4 Å². The quantitative estimate of drug-likeness (QED) is 0.439. The molecule has 2 bridgehead atoms. The molecule has 4 amide bonds. The molecule has 232 valence electrons. The predicted molar refractivity (Wildman–Crippen MR) is 156 cm³/mol. The zero-order chi connectivity index (χ0) is 31.1. The second kappa shape index (κ2) is 14.4. The first kappa shape index (κ1) is 31.8. The number of nitrogens with one attached hydrogen (secondary N) is 3. The van der Waals surface area contributed by atoms with Gasteiger partial charge in [0.25, 0.3) is 5.91 Å². The molecule has 4 atom stereocenters. The van der Waals surface area contributed by atoms with Gasteiger partial charge in [-0.2, -0.15) is 0 Å². The minimum absolute atomic E-state index is 0.00317. The minimum Gasteiger partial charge on any atom is -0.360 e. The monoisotopic (exact) mass is 597 g/mol. The van der Waals surface area contributed by atoms with E-state index in [9.17, 15) is 19.2 Å². The first-order valence-electron chi connectivity index (χ1n) is 14.6. The van der Waals surface area contributed by atoms with Gasteiger partial charge in [0.2, 0.25) is 17.7 Å². The highest BCUT2D eigenvalue weighted by molar-refractivity contribution is 5.93. The Balaban J connectivity index is 1.68. The fourth-order valence-electron chi connectivity index (χ4n) is 5.29. The van der Waals surface area contributed by atoms with Crippen LogP contribution in [0.3, 0.4) is 0 Å². The highest BCUT2D eigenvalue weighted by Crippen LogP contribution is 2.23. The topological polar surface area (TPSA) is 146 Å². The Morgan fingerprint density at radius 3 is 2.47 bits per heavy atom. The zero-order valence-corrected chi connectivity index (χ0v) is 25.0. The number of ether oxygens (including phenoxy) is 1. The molecule has 0 saturated carbocycles. The van der Waals surface area contributed by atoms with Gasteiger partial charge in [0, 0.05) is 26.6 Å². The number of carbonyl (C=O) groups is 4. The third-order valence-electron chi connectivity index (χ3n) is 7.45. The molecule has 3 heterocycles. The maximum absolute atomic E-state index is 15.3. The number of rotatable bonds is 6. The second-order valence-corrected chi connectivity index (χ2v) is 11.4. The number of halogens is 1. The van der Waals surface area contributed by atoms with Crippen LogP contribution in [0.15, 0.2) is 36.7 Å². The van der Waals surface area contributed by atoms with Crippen LogP contribution in [-0.2, 0) is 36.8 Å². The molecule has 43 heavy (non-hydrogen) atoms. The molecule has 1 aromatic carbocycles. The first-order chi connectivity index (χ1) is 20.5. The van der Waals surface area contributed by atoms with Crippen molar-refractivity contribution in [3.05, 3.63) is 53.7 Å². The minimum atomic E-state index is -1.11. The maximum Gasteiger partial charge on any atom is 0.251 e. The van der Waals surface area contributed by atoms with Gasteiger partial charge < -0.3 is 30.5 Å². The summed E-state index contributed by atoms with van der Waals surface area (Å²) in [5.74, 6) is -2.44. The van der Waals surface area contributed by atoms with E-state index in [1.807, 2.05) is 44.2 Å². The molecule has 0 aliphatic carbocycles. The van der Waals surface area contributed by atoms with E-state index in [0.717, 1.165) is 5.56 Å². The smallest absolute Gasteiger partial charge is 0.251 e. The van der Waals surface area contributed by atoms with E-state index < -0.39 is 53.7 Å². The van der Waals surface area contributed by atoms with Crippen LogP contribution in [0, 0.1) is 11.7 Å². The molecule has 1 aromatic heterocycles. The molecular formula is C30H40FN7O5. The molecule has 12 nitrogen and oxygen atoms in total. The van der Waals surface area contributed by atoms with Gasteiger partial charge >= 0.3 is 0 Å². The average Bonchev–Trinajstić information content (AvgIpc) is 2.98. The van der Waals surface area contributed by atoms with Gasteiger partial charge in [-0.05, 0) is 24.3 Å². The SMILES string of the molecule is CCc1ncnc(N2C[C@H]3CNC(=O)[C@H](CC(C)C)NC(=O)CN(C)C(=O)[C@@H](Cc4ccccc4)NC(=O)[C@@H](C2)O3)c1F. The highest BCUT2D eigenvalue weighted by Gasteiger charge is 2.37. The molecular weight excluding hydrogens is 557 g/mol. The van der Waals surface area contributed by atoms with Gasteiger partial charge in [0.1, 0.15) is 18.4 Å². The summed E-state index contributed by atoms with van der Waals surface area (Å²) in [5.41, 5.74) is 1.05. The van der Waals surface area contributed by atoms with Crippen molar-refractivity contribution in [3.8, 4) is 0 Å². The van der Waals surface area contributed by atoms with E-state index in [-0.39, 0.29) is 50.0 Å². The van der Waals surface area contributed by atoms with E-state index in [0.29, 0.717) is 12.8 Å². The number of fused-ring (bicyclic) bond motifs is 2. The summed E-state index contributed by atoms with van der Waals surface area (Å²) >= 11 is 0. The number of aryl methyl sites for hydroxylation is 1. The highest BCUT2D eigenvalue weighted by atomic mass is 19.1. The third kappa shape index (κ3) is 8.25. The van der Waals surface area contributed by atoms with Crippen LogP contribution < -0.4 is 20.9 Å². The third-order valence-corrected chi connectivity index (χ3v) is 7.45. The van der Waals surface area contributed by atoms with E-state index in [1.54, 1.807) is 11.8 Å². The Morgan fingerprint density at radius 2 is 1.77 bits per heavy atom. The number of hydrogen-bond acceptors (Lipinski definition) is 8. The summed E-state index contributed by atoms with van der Waals surface area (Å²) in [5, 5.41) is 8.39. The average molecular weight is 598 g/mol. The van der Waals surface area contributed by atoms with Gasteiger partial charge in [-0.1, -0.05) is 51.1 Å². The fraction of sp³-hybridized carbons (Fsp3) is 0.533.